The van der Waals surface area contributed by atoms with Gasteiger partial charge in [-0.25, -0.2) is 9.59 Å². The van der Waals surface area contributed by atoms with E-state index in [2.05, 4.69) is 11.8 Å². The Morgan fingerprint density at radius 3 is 1.58 bits per heavy atom. The van der Waals surface area contributed by atoms with Gasteiger partial charge in [-0.15, -0.1) is 0 Å². The van der Waals surface area contributed by atoms with Crippen molar-refractivity contribution in [2.45, 2.75) is 45.8 Å². The van der Waals surface area contributed by atoms with Gasteiger partial charge in [0, 0.05) is 26.1 Å². The maximum Gasteiger partial charge on any atom is 0.335 e. The highest BCUT2D eigenvalue weighted by Gasteiger charge is 2.20. The summed E-state index contributed by atoms with van der Waals surface area (Å²) in [6.07, 6.45) is -0.765. The Bertz CT molecular complexity index is 989. The van der Waals surface area contributed by atoms with Crippen LogP contribution < -0.4 is 9.47 Å². The zero-order valence-corrected chi connectivity index (χ0v) is 21.0. The maximum atomic E-state index is 12.0. The van der Waals surface area contributed by atoms with Crippen LogP contribution in [-0.4, -0.2) is 62.3 Å². The van der Waals surface area contributed by atoms with E-state index < -0.39 is 18.2 Å². The fraction of sp³-hybridized carbons (Fsp3) is 0.429. The van der Waals surface area contributed by atoms with E-state index in [0.717, 1.165) is 11.1 Å². The minimum Gasteiger partial charge on any atom is -0.481 e. The molecule has 0 aromatic heterocycles. The molecule has 2 rings (SSSR count). The summed E-state index contributed by atoms with van der Waals surface area (Å²) in [5.74, 6) is 5.77. The summed E-state index contributed by atoms with van der Waals surface area (Å²) in [5.41, 5.74) is 1.79. The van der Waals surface area contributed by atoms with E-state index in [1.807, 2.05) is 43.3 Å². The van der Waals surface area contributed by atoms with Crippen LogP contribution in [0.15, 0.2) is 48.5 Å². The molecule has 0 saturated carbocycles. The SMILES string of the molecule is CCOC(=O)C(Cc1ccc(OCC#CCOc2ccc(CC(OCC)C(=O)O)cc2)cc1)OCC. The number of benzene rings is 2. The highest BCUT2D eigenvalue weighted by Crippen LogP contribution is 2.16. The predicted molar refractivity (Wildman–Crippen MR) is 134 cm³/mol. The van der Waals surface area contributed by atoms with Gasteiger partial charge in [0.2, 0.25) is 0 Å². The minimum absolute atomic E-state index is 0.199. The molecule has 8 heteroatoms. The van der Waals surface area contributed by atoms with Crippen molar-refractivity contribution in [2.75, 3.05) is 33.0 Å². The van der Waals surface area contributed by atoms with Gasteiger partial charge in [0.15, 0.2) is 12.2 Å². The molecule has 8 nitrogen and oxygen atoms in total. The van der Waals surface area contributed by atoms with Gasteiger partial charge < -0.3 is 28.8 Å². The second-order valence-corrected chi connectivity index (χ2v) is 7.61. The molecule has 0 saturated heterocycles. The number of carbonyl (C=O) groups is 2. The average Bonchev–Trinajstić information content (AvgIpc) is 2.87. The van der Waals surface area contributed by atoms with Gasteiger partial charge in [0.25, 0.3) is 0 Å². The molecule has 36 heavy (non-hydrogen) atoms. The van der Waals surface area contributed by atoms with E-state index >= 15 is 0 Å². The molecular formula is C28H34O8. The van der Waals surface area contributed by atoms with Crippen LogP contribution in [0.2, 0.25) is 0 Å². The van der Waals surface area contributed by atoms with Crippen LogP contribution in [0.1, 0.15) is 31.9 Å². The molecule has 0 heterocycles. The molecule has 0 aliphatic rings. The van der Waals surface area contributed by atoms with E-state index in [9.17, 15) is 14.7 Å². The first-order valence-corrected chi connectivity index (χ1v) is 12.0. The molecule has 1 N–H and O–H groups in total. The summed E-state index contributed by atoms with van der Waals surface area (Å²) >= 11 is 0. The lowest BCUT2D eigenvalue weighted by Crippen LogP contribution is -2.28. The molecule has 2 aromatic carbocycles. The Hall–Kier alpha value is -3.54. The van der Waals surface area contributed by atoms with Gasteiger partial charge in [0.1, 0.15) is 24.7 Å². The Kier molecular flexibility index (Phi) is 12.9. The summed E-state index contributed by atoms with van der Waals surface area (Å²) in [5, 5.41) is 9.18. The fourth-order valence-corrected chi connectivity index (χ4v) is 3.28. The molecule has 0 radical (unpaired) electrons. The van der Waals surface area contributed by atoms with E-state index in [0.29, 0.717) is 44.2 Å². The van der Waals surface area contributed by atoms with Crippen LogP contribution in [-0.2, 0) is 36.6 Å². The van der Waals surface area contributed by atoms with Crippen molar-refractivity contribution in [3.05, 3.63) is 59.7 Å². The summed E-state index contributed by atoms with van der Waals surface area (Å²) < 4.78 is 27.0. The minimum atomic E-state index is -0.977. The number of aliphatic carboxylic acids is 1. The lowest BCUT2D eigenvalue weighted by molar-refractivity contribution is -0.156. The average molecular weight is 499 g/mol. The van der Waals surface area contributed by atoms with Crippen molar-refractivity contribution in [3.8, 4) is 23.3 Å². The lowest BCUT2D eigenvalue weighted by Gasteiger charge is -2.15. The maximum absolute atomic E-state index is 12.0. The number of esters is 1. The van der Waals surface area contributed by atoms with Gasteiger partial charge in [0.05, 0.1) is 6.61 Å². The molecule has 0 bridgehead atoms. The second-order valence-electron chi connectivity index (χ2n) is 7.61. The second kappa shape index (κ2) is 16.2. The summed E-state index contributed by atoms with van der Waals surface area (Å²) in [4.78, 5) is 23.2. The highest BCUT2D eigenvalue weighted by molar-refractivity contribution is 5.75. The number of carbonyl (C=O) groups excluding carboxylic acids is 1. The van der Waals surface area contributed by atoms with E-state index in [-0.39, 0.29) is 19.2 Å². The summed E-state index contributed by atoms with van der Waals surface area (Å²) in [7, 11) is 0. The van der Waals surface area contributed by atoms with Crippen molar-refractivity contribution < 1.29 is 38.4 Å². The van der Waals surface area contributed by atoms with Gasteiger partial charge in [-0.1, -0.05) is 36.1 Å². The topological polar surface area (TPSA) is 101 Å². The molecular weight excluding hydrogens is 464 g/mol. The lowest BCUT2D eigenvalue weighted by atomic mass is 10.1. The number of rotatable bonds is 15. The fourth-order valence-electron chi connectivity index (χ4n) is 3.28. The van der Waals surface area contributed by atoms with Crippen LogP contribution in [0, 0.1) is 11.8 Å². The first-order chi connectivity index (χ1) is 17.5. The van der Waals surface area contributed by atoms with Crippen molar-refractivity contribution in [3.63, 3.8) is 0 Å². The third-order valence-electron chi connectivity index (χ3n) is 5.00. The summed E-state index contributed by atoms with van der Waals surface area (Å²) in [6, 6.07) is 14.6. The van der Waals surface area contributed by atoms with E-state index in [1.54, 1.807) is 26.0 Å². The molecule has 0 spiro atoms. The van der Waals surface area contributed by atoms with Crippen molar-refractivity contribution in [2.24, 2.45) is 0 Å². The van der Waals surface area contributed by atoms with E-state index in [4.69, 9.17) is 23.7 Å². The van der Waals surface area contributed by atoms with Gasteiger partial charge in [-0.3, -0.25) is 0 Å². The Balaban J connectivity index is 1.74. The van der Waals surface area contributed by atoms with Crippen LogP contribution in [0.25, 0.3) is 0 Å². The molecule has 2 atom stereocenters. The third-order valence-corrected chi connectivity index (χ3v) is 5.00. The quantitative estimate of drug-likeness (QED) is 0.293. The third kappa shape index (κ3) is 10.4. The Labute approximate surface area is 212 Å². The molecule has 0 aliphatic carbocycles. The molecule has 194 valence electrons. The van der Waals surface area contributed by atoms with Crippen molar-refractivity contribution in [1.82, 2.24) is 0 Å². The number of ether oxygens (including phenoxy) is 5. The van der Waals surface area contributed by atoms with Crippen molar-refractivity contribution >= 4 is 11.9 Å². The molecule has 0 amide bonds. The monoisotopic (exact) mass is 498 g/mol. The largest absolute Gasteiger partial charge is 0.481 e. The van der Waals surface area contributed by atoms with Gasteiger partial charge in [-0.05, 0) is 56.2 Å². The number of carboxylic acids is 1. The highest BCUT2D eigenvalue weighted by atomic mass is 16.6. The number of hydrogen-bond donors (Lipinski definition) is 1. The zero-order chi connectivity index (χ0) is 26.2. The van der Waals surface area contributed by atoms with Gasteiger partial charge in [-0.2, -0.15) is 0 Å². The zero-order valence-electron chi connectivity index (χ0n) is 21.0. The van der Waals surface area contributed by atoms with Crippen LogP contribution in [0.3, 0.4) is 0 Å². The first-order valence-electron chi connectivity index (χ1n) is 12.0. The molecule has 0 aliphatic heterocycles. The molecule has 2 unspecified atom stereocenters. The van der Waals surface area contributed by atoms with Gasteiger partial charge >= 0.3 is 11.9 Å². The van der Waals surface area contributed by atoms with E-state index in [1.165, 1.54) is 0 Å². The van der Waals surface area contributed by atoms with Crippen molar-refractivity contribution in [1.29, 1.82) is 0 Å². The standard InChI is InChI=1S/C28H34O8/c1-4-32-25(27(29)30)19-21-9-13-23(14-10-21)35-17-7-8-18-36-24-15-11-22(12-16-24)20-26(33-5-2)28(31)34-6-3/h9-16,25-26H,4-6,17-20H2,1-3H3,(H,29,30). The summed E-state index contributed by atoms with van der Waals surface area (Å²) in [6.45, 7) is 6.88. The van der Waals surface area contributed by atoms with Crippen LogP contribution in [0.4, 0.5) is 0 Å². The predicted octanol–water partition coefficient (Wildman–Crippen LogP) is 3.69. The normalized spacial score (nSPS) is 12.1. The smallest absolute Gasteiger partial charge is 0.335 e. The molecule has 2 aromatic rings. The Morgan fingerprint density at radius 1 is 0.722 bits per heavy atom. The molecule has 0 fully saturated rings. The first kappa shape index (κ1) is 28.7. The number of carboxylic acid groups (broad SMARTS) is 1. The van der Waals surface area contributed by atoms with Crippen LogP contribution >= 0.6 is 0 Å². The number of hydrogen-bond acceptors (Lipinski definition) is 7. The Morgan fingerprint density at radius 2 is 1.17 bits per heavy atom. The van der Waals surface area contributed by atoms with Crippen LogP contribution in [0.5, 0.6) is 11.5 Å².